The Morgan fingerprint density at radius 1 is 1.04 bits per heavy atom. The zero-order valence-corrected chi connectivity index (χ0v) is 16.2. The van der Waals surface area contributed by atoms with Gasteiger partial charge in [-0.1, -0.05) is 13.8 Å². The molecule has 0 aromatic heterocycles. The quantitative estimate of drug-likeness (QED) is 0.810. The van der Waals surface area contributed by atoms with Crippen LogP contribution in [0, 0.1) is 5.92 Å². The number of amides is 2. The second-order valence-electron chi connectivity index (χ2n) is 7.14. The standard InChI is InChI=1S/C20H30N2O4/c1-14(2)10-18(20(24)22-8-6-5-7-9-22)21-19(23)15-11-16(25-3)13-17(12-15)26-4/h11-14,18H,5-10H2,1-4H3,(H,21,23)/t18-/m0/s1. The van der Waals surface area contributed by atoms with Crippen molar-refractivity contribution in [1.29, 1.82) is 0 Å². The van der Waals surface area contributed by atoms with E-state index in [0.717, 1.165) is 32.4 Å². The van der Waals surface area contributed by atoms with Crippen LogP contribution in [0.1, 0.15) is 49.9 Å². The summed E-state index contributed by atoms with van der Waals surface area (Å²) >= 11 is 0. The number of benzene rings is 1. The van der Waals surface area contributed by atoms with Crippen molar-refractivity contribution in [2.45, 2.75) is 45.6 Å². The Morgan fingerprint density at radius 2 is 1.62 bits per heavy atom. The van der Waals surface area contributed by atoms with E-state index < -0.39 is 6.04 Å². The van der Waals surface area contributed by atoms with E-state index in [2.05, 4.69) is 19.2 Å². The average molecular weight is 362 g/mol. The summed E-state index contributed by atoms with van der Waals surface area (Å²) in [5, 5.41) is 2.92. The minimum atomic E-state index is -0.516. The molecule has 0 radical (unpaired) electrons. The highest BCUT2D eigenvalue weighted by Crippen LogP contribution is 2.23. The third-order valence-corrected chi connectivity index (χ3v) is 4.59. The van der Waals surface area contributed by atoms with E-state index >= 15 is 0 Å². The molecule has 1 heterocycles. The van der Waals surface area contributed by atoms with Gasteiger partial charge in [0.2, 0.25) is 5.91 Å². The molecule has 1 N–H and O–H groups in total. The number of hydrogen-bond donors (Lipinski definition) is 1. The highest BCUT2D eigenvalue weighted by molar-refractivity contribution is 5.98. The van der Waals surface area contributed by atoms with Gasteiger partial charge in [0.25, 0.3) is 5.91 Å². The molecular formula is C20H30N2O4. The maximum absolute atomic E-state index is 12.9. The van der Waals surface area contributed by atoms with E-state index in [4.69, 9.17) is 9.47 Å². The van der Waals surface area contributed by atoms with E-state index in [1.54, 1.807) is 18.2 Å². The number of piperidine rings is 1. The van der Waals surface area contributed by atoms with Gasteiger partial charge in [-0.05, 0) is 43.7 Å². The van der Waals surface area contributed by atoms with Gasteiger partial charge in [0, 0.05) is 24.7 Å². The largest absolute Gasteiger partial charge is 0.497 e. The number of ether oxygens (including phenoxy) is 2. The van der Waals surface area contributed by atoms with E-state index in [9.17, 15) is 9.59 Å². The molecule has 144 valence electrons. The predicted molar refractivity (Wildman–Crippen MR) is 101 cm³/mol. The van der Waals surface area contributed by atoms with Crippen molar-refractivity contribution < 1.29 is 19.1 Å². The molecule has 0 spiro atoms. The van der Waals surface area contributed by atoms with Gasteiger partial charge in [0.15, 0.2) is 0 Å². The Morgan fingerprint density at radius 3 is 2.12 bits per heavy atom. The Kier molecular flexibility index (Phi) is 7.30. The van der Waals surface area contributed by atoms with E-state index in [1.165, 1.54) is 14.2 Å². The van der Waals surface area contributed by atoms with Crippen LogP contribution in [0.2, 0.25) is 0 Å². The lowest BCUT2D eigenvalue weighted by Gasteiger charge is -2.31. The molecule has 0 aliphatic carbocycles. The summed E-state index contributed by atoms with van der Waals surface area (Å²) in [6.45, 7) is 5.65. The Bertz CT molecular complexity index is 602. The SMILES string of the molecule is COc1cc(OC)cc(C(=O)N[C@@H](CC(C)C)C(=O)N2CCCCC2)c1. The van der Waals surface area contributed by atoms with Gasteiger partial charge in [-0.3, -0.25) is 9.59 Å². The molecule has 1 atom stereocenters. The van der Waals surface area contributed by atoms with Crippen LogP contribution in [0.25, 0.3) is 0 Å². The molecule has 2 amide bonds. The number of carbonyl (C=O) groups is 2. The van der Waals surface area contributed by atoms with Gasteiger partial charge in [-0.2, -0.15) is 0 Å². The Hall–Kier alpha value is -2.24. The van der Waals surface area contributed by atoms with Gasteiger partial charge < -0.3 is 19.7 Å². The van der Waals surface area contributed by atoms with Crippen molar-refractivity contribution >= 4 is 11.8 Å². The Balaban J connectivity index is 2.16. The fraction of sp³-hybridized carbons (Fsp3) is 0.600. The highest BCUT2D eigenvalue weighted by Gasteiger charge is 2.28. The number of carbonyl (C=O) groups excluding carboxylic acids is 2. The molecule has 1 aliphatic heterocycles. The zero-order valence-electron chi connectivity index (χ0n) is 16.2. The molecule has 6 nitrogen and oxygen atoms in total. The second-order valence-corrected chi connectivity index (χ2v) is 7.14. The normalized spacial score (nSPS) is 15.5. The average Bonchev–Trinajstić information content (AvgIpc) is 2.66. The van der Waals surface area contributed by atoms with Gasteiger partial charge in [0.1, 0.15) is 17.5 Å². The molecule has 1 saturated heterocycles. The summed E-state index contributed by atoms with van der Waals surface area (Å²) in [7, 11) is 3.08. The summed E-state index contributed by atoms with van der Waals surface area (Å²) < 4.78 is 10.4. The van der Waals surface area contributed by atoms with Crippen LogP contribution in [0.5, 0.6) is 11.5 Å². The lowest BCUT2D eigenvalue weighted by molar-refractivity contribution is -0.134. The molecule has 0 unspecified atom stereocenters. The third kappa shape index (κ3) is 5.38. The van der Waals surface area contributed by atoms with Gasteiger partial charge >= 0.3 is 0 Å². The minimum Gasteiger partial charge on any atom is -0.497 e. The van der Waals surface area contributed by atoms with Crippen molar-refractivity contribution in [1.82, 2.24) is 10.2 Å². The van der Waals surface area contributed by atoms with E-state index in [1.807, 2.05) is 4.90 Å². The Labute approximate surface area is 155 Å². The maximum atomic E-state index is 12.9. The molecule has 26 heavy (non-hydrogen) atoms. The second kappa shape index (κ2) is 9.46. The molecular weight excluding hydrogens is 332 g/mol. The van der Waals surface area contributed by atoms with Crippen LogP contribution < -0.4 is 14.8 Å². The van der Waals surface area contributed by atoms with Crippen molar-refractivity contribution in [3.8, 4) is 11.5 Å². The molecule has 1 fully saturated rings. The third-order valence-electron chi connectivity index (χ3n) is 4.59. The minimum absolute atomic E-state index is 0.0154. The highest BCUT2D eigenvalue weighted by atomic mass is 16.5. The van der Waals surface area contributed by atoms with Crippen LogP contribution in [-0.2, 0) is 4.79 Å². The molecule has 2 rings (SSSR count). The van der Waals surface area contributed by atoms with E-state index in [-0.39, 0.29) is 11.8 Å². The van der Waals surface area contributed by atoms with Crippen molar-refractivity contribution in [3.05, 3.63) is 23.8 Å². The fourth-order valence-corrected chi connectivity index (χ4v) is 3.21. The van der Waals surface area contributed by atoms with Crippen LogP contribution in [0.3, 0.4) is 0 Å². The number of rotatable bonds is 7. The summed E-state index contributed by atoms with van der Waals surface area (Å²) in [5.74, 6) is 1.10. The summed E-state index contributed by atoms with van der Waals surface area (Å²) in [6.07, 6.45) is 3.83. The smallest absolute Gasteiger partial charge is 0.252 e. The zero-order chi connectivity index (χ0) is 19.1. The first-order chi connectivity index (χ1) is 12.4. The number of methoxy groups -OCH3 is 2. The topological polar surface area (TPSA) is 67.9 Å². The number of nitrogens with zero attached hydrogens (tertiary/aromatic N) is 1. The first kappa shape index (κ1) is 20.1. The van der Waals surface area contributed by atoms with Crippen LogP contribution in [-0.4, -0.2) is 50.1 Å². The van der Waals surface area contributed by atoms with Crippen molar-refractivity contribution in [2.75, 3.05) is 27.3 Å². The lowest BCUT2D eigenvalue weighted by Crippen LogP contribution is -2.50. The molecule has 0 saturated carbocycles. The molecule has 6 heteroatoms. The summed E-state index contributed by atoms with van der Waals surface area (Å²) in [4.78, 5) is 27.6. The molecule has 1 aromatic carbocycles. The van der Waals surface area contributed by atoms with Gasteiger partial charge in [-0.25, -0.2) is 0 Å². The van der Waals surface area contributed by atoms with Crippen molar-refractivity contribution in [2.24, 2.45) is 5.92 Å². The number of hydrogen-bond acceptors (Lipinski definition) is 4. The van der Waals surface area contributed by atoms with Crippen molar-refractivity contribution in [3.63, 3.8) is 0 Å². The molecule has 0 bridgehead atoms. The van der Waals surface area contributed by atoms with Crippen LogP contribution >= 0.6 is 0 Å². The summed E-state index contributed by atoms with van der Waals surface area (Å²) in [5.41, 5.74) is 0.418. The van der Waals surface area contributed by atoms with Gasteiger partial charge in [-0.15, -0.1) is 0 Å². The van der Waals surface area contributed by atoms with E-state index in [0.29, 0.717) is 29.4 Å². The molecule has 1 aliphatic rings. The fourth-order valence-electron chi connectivity index (χ4n) is 3.21. The summed E-state index contributed by atoms with van der Waals surface area (Å²) in [6, 6.07) is 4.49. The van der Waals surface area contributed by atoms with Crippen LogP contribution in [0.15, 0.2) is 18.2 Å². The number of nitrogens with one attached hydrogen (secondary N) is 1. The monoisotopic (exact) mass is 362 g/mol. The number of likely N-dealkylation sites (tertiary alicyclic amines) is 1. The lowest BCUT2D eigenvalue weighted by atomic mass is 10.0. The first-order valence-electron chi connectivity index (χ1n) is 9.27. The van der Waals surface area contributed by atoms with Gasteiger partial charge in [0.05, 0.1) is 14.2 Å². The maximum Gasteiger partial charge on any atom is 0.252 e. The van der Waals surface area contributed by atoms with Crippen LogP contribution in [0.4, 0.5) is 0 Å². The molecule has 1 aromatic rings. The predicted octanol–water partition coefficient (Wildman–Crippen LogP) is 2.86. The first-order valence-corrected chi connectivity index (χ1v) is 9.27.